The second-order valence-corrected chi connectivity index (χ2v) is 4.81. The second kappa shape index (κ2) is 5.81. The Morgan fingerprint density at radius 1 is 1.43 bits per heavy atom. The Balaban J connectivity index is 1.77. The molecule has 5 heteroatoms. The van der Waals surface area contributed by atoms with Crippen LogP contribution in [0.3, 0.4) is 0 Å². The highest BCUT2D eigenvalue weighted by molar-refractivity contribution is 5.82. The van der Waals surface area contributed by atoms with Gasteiger partial charge in [-0.05, 0) is 6.07 Å². The normalized spacial score (nSPS) is 12.4. The van der Waals surface area contributed by atoms with E-state index in [1.165, 1.54) is 6.39 Å². The van der Waals surface area contributed by atoms with Gasteiger partial charge >= 0.3 is 0 Å². The van der Waals surface area contributed by atoms with Crippen LogP contribution in [0.15, 0.2) is 41.3 Å². The zero-order valence-electron chi connectivity index (χ0n) is 11.8. The maximum Gasteiger partial charge on any atom is 0.180 e. The number of hydrogen-bond donors (Lipinski definition) is 1. The summed E-state index contributed by atoms with van der Waals surface area (Å²) in [5, 5.41) is 8.97. The number of nitrogens with zero attached hydrogens (tertiary/aromatic N) is 3. The molecule has 0 saturated carbocycles. The number of para-hydroxylation sites is 1. The Labute approximate surface area is 123 Å². The van der Waals surface area contributed by atoms with E-state index in [0.29, 0.717) is 6.54 Å². The van der Waals surface area contributed by atoms with E-state index in [-0.39, 0.29) is 6.04 Å². The van der Waals surface area contributed by atoms with E-state index >= 15 is 0 Å². The summed E-state index contributed by atoms with van der Waals surface area (Å²) >= 11 is 0. The molecule has 0 fully saturated rings. The number of aromatic nitrogens is 3. The zero-order valence-corrected chi connectivity index (χ0v) is 11.8. The lowest BCUT2D eigenvalue weighted by molar-refractivity contribution is 0.554. The summed E-state index contributed by atoms with van der Waals surface area (Å²) in [5.74, 6) is 2.77. The first-order valence-corrected chi connectivity index (χ1v) is 6.78. The lowest BCUT2D eigenvalue weighted by atomic mass is 10.1. The van der Waals surface area contributed by atoms with E-state index < -0.39 is 0 Å². The summed E-state index contributed by atoms with van der Waals surface area (Å²) in [7, 11) is 1.93. The van der Waals surface area contributed by atoms with Crippen LogP contribution in [0.5, 0.6) is 0 Å². The minimum Gasteiger partial charge on any atom is -0.451 e. The fourth-order valence-electron chi connectivity index (χ4n) is 2.40. The van der Waals surface area contributed by atoms with Gasteiger partial charge in [0.15, 0.2) is 6.39 Å². The van der Waals surface area contributed by atoms with Crippen molar-refractivity contribution >= 4 is 10.9 Å². The molecule has 0 aliphatic rings. The number of fused-ring (bicyclic) bond motifs is 1. The van der Waals surface area contributed by atoms with Gasteiger partial charge in [0.05, 0.1) is 16.9 Å². The molecule has 106 valence electrons. The molecule has 0 amide bonds. The Bertz CT molecular complexity index is 767. The molecule has 1 N–H and O–H groups in total. The van der Waals surface area contributed by atoms with Crippen molar-refractivity contribution in [3.05, 3.63) is 48.3 Å². The highest BCUT2D eigenvalue weighted by atomic mass is 16.3. The first-order valence-electron chi connectivity index (χ1n) is 6.78. The van der Waals surface area contributed by atoms with Gasteiger partial charge in [-0.3, -0.25) is 10.00 Å². The maximum absolute atomic E-state index is 5.67. The number of rotatable bonds is 5. The molecule has 0 aliphatic carbocycles. The largest absolute Gasteiger partial charge is 0.451 e. The third-order valence-corrected chi connectivity index (χ3v) is 3.44. The summed E-state index contributed by atoms with van der Waals surface area (Å²) in [6.45, 7) is 0.715. The number of nitrogens with one attached hydrogen (secondary N) is 1. The molecule has 0 spiro atoms. The third kappa shape index (κ3) is 2.67. The van der Waals surface area contributed by atoms with Gasteiger partial charge < -0.3 is 4.42 Å². The van der Waals surface area contributed by atoms with Crippen LogP contribution in [-0.4, -0.2) is 21.3 Å². The summed E-state index contributed by atoms with van der Waals surface area (Å²) in [6.07, 6.45) is 9.50. The lowest BCUT2D eigenvalue weighted by Gasteiger charge is -2.10. The molecule has 0 bridgehead atoms. The summed E-state index contributed by atoms with van der Waals surface area (Å²) in [4.78, 5) is 4.09. The van der Waals surface area contributed by atoms with Gasteiger partial charge in [-0.1, -0.05) is 24.1 Å². The SMILES string of the molecule is C#C[C@H](NCCc1cocn1)c1nn(C)c2ccccc12. The molecule has 2 aromatic heterocycles. The molecule has 21 heavy (non-hydrogen) atoms. The fraction of sp³-hybridized carbons (Fsp3) is 0.250. The van der Waals surface area contributed by atoms with Crippen LogP contribution in [0, 0.1) is 12.3 Å². The molecule has 2 heterocycles. The van der Waals surface area contributed by atoms with Gasteiger partial charge in [-0.2, -0.15) is 5.10 Å². The molecule has 0 saturated heterocycles. The minimum absolute atomic E-state index is 0.219. The molecule has 1 aromatic carbocycles. The smallest absolute Gasteiger partial charge is 0.180 e. The quantitative estimate of drug-likeness (QED) is 0.727. The molecule has 0 aliphatic heterocycles. The van der Waals surface area contributed by atoms with Crippen LogP contribution in [0.4, 0.5) is 0 Å². The van der Waals surface area contributed by atoms with Crippen LogP contribution in [0.2, 0.25) is 0 Å². The highest BCUT2D eigenvalue weighted by Crippen LogP contribution is 2.22. The number of aryl methyl sites for hydroxylation is 1. The van der Waals surface area contributed by atoms with Crippen molar-refractivity contribution in [3.8, 4) is 12.3 Å². The van der Waals surface area contributed by atoms with Crippen molar-refractivity contribution in [2.45, 2.75) is 12.5 Å². The molecule has 0 radical (unpaired) electrons. The zero-order chi connectivity index (χ0) is 14.7. The minimum atomic E-state index is -0.219. The Morgan fingerprint density at radius 2 is 2.29 bits per heavy atom. The number of hydrogen-bond acceptors (Lipinski definition) is 4. The predicted octanol–water partition coefficient (Wildman–Crippen LogP) is 2.07. The van der Waals surface area contributed by atoms with Crippen molar-refractivity contribution in [2.75, 3.05) is 6.54 Å². The van der Waals surface area contributed by atoms with Crippen molar-refractivity contribution < 1.29 is 4.42 Å². The Hall–Kier alpha value is -2.58. The van der Waals surface area contributed by atoms with E-state index in [1.807, 2.05) is 36.0 Å². The average Bonchev–Trinajstić information content (AvgIpc) is 3.13. The van der Waals surface area contributed by atoms with Crippen LogP contribution in [0.1, 0.15) is 17.4 Å². The van der Waals surface area contributed by atoms with E-state index in [2.05, 4.69) is 21.3 Å². The first kappa shape index (κ1) is 13.4. The van der Waals surface area contributed by atoms with Crippen LogP contribution >= 0.6 is 0 Å². The molecule has 5 nitrogen and oxygen atoms in total. The molecule has 3 aromatic rings. The van der Waals surface area contributed by atoms with Gasteiger partial charge in [0, 0.05) is 25.4 Å². The number of benzene rings is 1. The van der Waals surface area contributed by atoms with E-state index in [0.717, 1.165) is 28.7 Å². The standard InChI is InChI=1S/C16H16N4O/c1-3-14(17-9-8-12-10-21-11-18-12)16-13-6-4-5-7-15(13)20(2)19-16/h1,4-7,10-11,14,17H,8-9H2,2H3/t14-/m0/s1. The summed E-state index contributed by atoms with van der Waals surface area (Å²) in [5.41, 5.74) is 2.87. The summed E-state index contributed by atoms with van der Waals surface area (Å²) < 4.78 is 6.80. The molecule has 3 rings (SSSR count). The molecule has 0 unspecified atom stereocenters. The fourth-order valence-corrected chi connectivity index (χ4v) is 2.40. The second-order valence-electron chi connectivity index (χ2n) is 4.81. The van der Waals surface area contributed by atoms with Gasteiger partial charge in [-0.25, -0.2) is 4.98 Å². The maximum atomic E-state index is 5.67. The van der Waals surface area contributed by atoms with Gasteiger partial charge in [-0.15, -0.1) is 6.42 Å². The van der Waals surface area contributed by atoms with Gasteiger partial charge in [0.25, 0.3) is 0 Å². The van der Waals surface area contributed by atoms with Crippen LogP contribution < -0.4 is 5.32 Å². The van der Waals surface area contributed by atoms with Crippen molar-refractivity contribution in [2.24, 2.45) is 7.05 Å². The van der Waals surface area contributed by atoms with Crippen LogP contribution in [0.25, 0.3) is 10.9 Å². The Morgan fingerprint density at radius 3 is 3.05 bits per heavy atom. The predicted molar refractivity (Wildman–Crippen MR) is 80.5 cm³/mol. The summed E-state index contributed by atoms with van der Waals surface area (Å²) in [6, 6.07) is 7.85. The third-order valence-electron chi connectivity index (χ3n) is 3.44. The first-order chi connectivity index (χ1) is 10.3. The molecule has 1 atom stereocenters. The lowest BCUT2D eigenvalue weighted by Crippen LogP contribution is -2.23. The monoisotopic (exact) mass is 280 g/mol. The van der Waals surface area contributed by atoms with Crippen molar-refractivity contribution in [1.82, 2.24) is 20.1 Å². The molecular formula is C16H16N4O. The number of terminal acetylenes is 1. The van der Waals surface area contributed by atoms with E-state index in [4.69, 9.17) is 10.8 Å². The van der Waals surface area contributed by atoms with Crippen LogP contribution in [-0.2, 0) is 13.5 Å². The highest BCUT2D eigenvalue weighted by Gasteiger charge is 2.16. The van der Waals surface area contributed by atoms with E-state index in [9.17, 15) is 0 Å². The van der Waals surface area contributed by atoms with Crippen molar-refractivity contribution in [3.63, 3.8) is 0 Å². The Kier molecular flexibility index (Phi) is 3.71. The topological polar surface area (TPSA) is 55.9 Å². The van der Waals surface area contributed by atoms with Gasteiger partial charge in [0.1, 0.15) is 12.3 Å². The van der Waals surface area contributed by atoms with E-state index in [1.54, 1.807) is 6.26 Å². The van der Waals surface area contributed by atoms with Crippen molar-refractivity contribution in [1.29, 1.82) is 0 Å². The average molecular weight is 280 g/mol. The molecular weight excluding hydrogens is 264 g/mol. The van der Waals surface area contributed by atoms with Gasteiger partial charge in [0.2, 0.25) is 0 Å². The number of oxazole rings is 1.